The van der Waals surface area contributed by atoms with E-state index < -0.39 is 0 Å². The molecule has 1 saturated carbocycles. The van der Waals surface area contributed by atoms with Crippen molar-refractivity contribution in [3.05, 3.63) is 11.7 Å². The summed E-state index contributed by atoms with van der Waals surface area (Å²) in [7, 11) is 3.46. The lowest BCUT2D eigenvalue weighted by atomic mass is 10.0. The molecule has 1 aromatic rings. The number of amides is 3. The van der Waals surface area contributed by atoms with Crippen molar-refractivity contribution < 1.29 is 18.8 Å². The maximum Gasteiger partial charge on any atom is 0.317 e. The van der Waals surface area contributed by atoms with Gasteiger partial charge in [0.05, 0.1) is 5.92 Å². The fourth-order valence-electron chi connectivity index (χ4n) is 2.88. The van der Waals surface area contributed by atoms with Crippen LogP contribution < -0.4 is 5.32 Å². The zero-order valence-corrected chi connectivity index (χ0v) is 15.4. The number of likely N-dealkylation sites (N-methyl/N-ethyl adjacent to an activating group) is 1. The summed E-state index contributed by atoms with van der Waals surface area (Å²) in [5, 5.41) is 6.85. The number of urea groups is 1. The summed E-state index contributed by atoms with van der Waals surface area (Å²) in [6.07, 6.45) is 3.39. The summed E-state index contributed by atoms with van der Waals surface area (Å²) >= 11 is 0. The average molecular weight is 365 g/mol. The summed E-state index contributed by atoms with van der Waals surface area (Å²) in [5.74, 6) is 1.70. The first-order valence-corrected chi connectivity index (χ1v) is 9.17. The highest BCUT2D eigenvalue weighted by Crippen LogP contribution is 2.30. The second kappa shape index (κ2) is 8.48. The molecule has 144 valence electrons. The van der Waals surface area contributed by atoms with Gasteiger partial charge in [0.2, 0.25) is 11.8 Å². The van der Waals surface area contributed by atoms with Crippen molar-refractivity contribution in [2.75, 3.05) is 46.9 Å². The molecule has 0 aromatic carbocycles. The highest BCUT2D eigenvalue weighted by Gasteiger charge is 2.35. The molecule has 0 atom stereocenters. The summed E-state index contributed by atoms with van der Waals surface area (Å²) in [6, 6.07) is -0.0719. The molecule has 2 fully saturated rings. The van der Waals surface area contributed by atoms with Crippen LogP contribution in [0.5, 0.6) is 0 Å². The molecule has 1 saturated heterocycles. The Morgan fingerprint density at radius 3 is 2.85 bits per heavy atom. The van der Waals surface area contributed by atoms with Gasteiger partial charge in [0.15, 0.2) is 5.82 Å². The molecule has 0 bridgehead atoms. The van der Waals surface area contributed by atoms with Crippen molar-refractivity contribution in [3.8, 4) is 0 Å². The molecular formula is C17H27N5O4. The van der Waals surface area contributed by atoms with E-state index in [1.165, 1.54) is 0 Å². The normalized spacial score (nSPS) is 17.1. The van der Waals surface area contributed by atoms with Gasteiger partial charge in [-0.15, -0.1) is 0 Å². The minimum absolute atomic E-state index is 0.0719. The number of carbonyl (C=O) groups excluding carboxylic acids is 2. The lowest BCUT2D eigenvalue weighted by molar-refractivity contribution is -0.131. The summed E-state index contributed by atoms with van der Waals surface area (Å²) in [6.45, 7) is 2.99. The Morgan fingerprint density at radius 1 is 1.38 bits per heavy atom. The van der Waals surface area contributed by atoms with Gasteiger partial charge in [-0.05, 0) is 19.3 Å². The van der Waals surface area contributed by atoms with Crippen LogP contribution >= 0.6 is 0 Å². The highest BCUT2D eigenvalue weighted by atomic mass is 16.5. The molecule has 0 unspecified atom stereocenters. The first-order chi connectivity index (χ1) is 12.6. The molecule has 2 heterocycles. The third-order valence-corrected chi connectivity index (χ3v) is 4.78. The molecule has 1 aliphatic carbocycles. The topological polar surface area (TPSA) is 101 Å². The molecule has 1 aromatic heterocycles. The van der Waals surface area contributed by atoms with Crippen molar-refractivity contribution in [2.24, 2.45) is 5.92 Å². The molecule has 0 radical (unpaired) electrons. The number of rotatable bonds is 9. The van der Waals surface area contributed by atoms with Gasteiger partial charge < -0.3 is 24.4 Å². The number of hydrogen-bond acceptors (Lipinski definition) is 6. The average Bonchev–Trinajstić information content (AvgIpc) is 3.34. The second-order valence-corrected chi connectivity index (χ2v) is 7.01. The van der Waals surface area contributed by atoms with Gasteiger partial charge in [-0.25, -0.2) is 4.79 Å². The van der Waals surface area contributed by atoms with Crippen LogP contribution in [0.2, 0.25) is 0 Å². The zero-order chi connectivity index (χ0) is 18.5. The van der Waals surface area contributed by atoms with Crippen molar-refractivity contribution in [1.29, 1.82) is 0 Å². The van der Waals surface area contributed by atoms with Crippen LogP contribution in [0, 0.1) is 5.92 Å². The molecule has 3 rings (SSSR count). The lowest BCUT2D eigenvalue weighted by Crippen LogP contribution is -2.52. The predicted octanol–water partition coefficient (Wildman–Crippen LogP) is 0.626. The molecule has 2 aliphatic rings. The van der Waals surface area contributed by atoms with Crippen molar-refractivity contribution in [1.82, 2.24) is 25.3 Å². The number of likely N-dealkylation sites (tertiary alicyclic amines) is 1. The minimum atomic E-state index is -0.0719. The van der Waals surface area contributed by atoms with E-state index >= 15 is 0 Å². The van der Waals surface area contributed by atoms with Crippen molar-refractivity contribution in [3.63, 3.8) is 0 Å². The Balaban J connectivity index is 1.36. The van der Waals surface area contributed by atoms with Gasteiger partial charge in [-0.3, -0.25) is 4.79 Å². The Labute approximate surface area is 153 Å². The maximum atomic E-state index is 11.9. The van der Waals surface area contributed by atoms with E-state index in [0.717, 1.165) is 19.3 Å². The van der Waals surface area contributed by atoms with Gasteiger partial charge in [-0.1, -0.05) is 5.16 Å². The Hall–Kier alpha value is -2.16. The molecular weight excluding hydrogens is 338 g/mol. The first-order valence-electron chi connectivity index (χ1n) is 9.17. The lowest BCUT2D eigenvalue weighted by Gasteiger charge is -2.36. The van der Waals surface area contributed by atoms with Gasteiger partial charge in [-0.2, -0.15) is 4.98 Å². The molecule has 9 nitrogen and oxygen atoms in total. The molecule has 0 spiro atoms. The van der Waals surface area contributed by atoms with Crippen LogP contribution in [0.25, 0.3) is 0 Å². The third-order valence-electron chi connectivity index (χ3n) is 4.78. The fraction of sp³-hybridized carbons (Fsp3) is 0.765. The molecule has 3 amide bonds. The van der Waals surface area contributed by atoms with Crippen LogP contribution in [-0.2, 0) is 16.0 Å². The predicted molar refractivity (Wildman–Crippen MR) is 92.6 cm³/mol. The number of nitrogens with zero attached hydrogens (tertiary/aromatic N) is 4. The van der Waals surface area contributed by atoms with E-state index in [9.17, 15) is 9.59 Å². The van der Waals surface area contributed by atoms with Crippen LogP contribution in [0.4, 0.5) is 4.79 Å². The van der Waals surface area contributed by atoms with E-state index in [1.54, 1.807) is 16.9 Å². The standard InChI is InChI=1S/C17H27N5O4/c1-21(16(23)12-4-5-12)8-6-14-19-15(26-20-14)13-10-22(11-13)17(24)18-7-3-9-25-2/h12-13H,3-11H2,1-2H3,(H,18,24). The quantitative estimate of drug-likeness (QED) is 0.644. The molecule has 9 heteroatoms. The Kier molecular flexibility index (Phi) is 6.08. The van der Waals surface area contributed by atoms with Crippen molar-refractivity contribution >= 4 is 11.9 Å². The molecule has 1 aliphatic heterocycles. The number of hydrogen-bond donors (Lipinski definition) is 1. The summed E-state index contributed by atoms with van der Waals surface area (Å²) < 4.78 is 10.3. The molecule has 26 heavy (non-hydrogen) atoms. The van der Waals surface area contributed by atoms with Crippen LogP contribution in [0.15, 0.2) is 4.52 Å². The summed E-state index contributed by atoms with van der Waals surface area (Å²) in [4.78, 5) is 31.7. The molecule has 1 N–H and O–H groups in total. The van der Waals surface area contributed by atoms with E-state index in [4.69, 9.17) is 9.26 Å². The van der Waals surface area contributed by atoms with Gasteiger partial charge in [0.25, 0.3) is 0 Å². The van der Waals surface area contributed by atoms with Crippen LogP contribution in [-0.4, -0.2) is 78.8 Å². The van der Waals surface area contributed by atoms with Crippen LogP contribution in [0.3, 0.4) is 0 Å². The number of ether oxygens (including phenoxy) is 1. The number of methoxy groups -OCH3 is 1. The number of aromatic nitrogens is 2. The monoisotopic (exact) mass is 365 g/mol. The fourth-order valence-corrected chi connectivity index (χ4v) is 2.88. The summed E-state index contributed by atoms with van der Waals surface area (Å²) in [5.41, 5.74) is 0. The minimum Gasteiger partial charge on any atom is -0.385 e. The van der Waals surface area contributed by atoms with Gasteiger partial charge >= 0.3 is 6.03 Å². The van der Waals surface area contributed by atoms with Crippen LogP contribution in [0.1, 0.15) is 36.9 Å². The van der Waals surface area contributed by atoms with Gasteiger partial charge in [0, 0.05) is 59.3 Å². The highest BCUT2D eigenvalue weighted by molar-refractivity contribution is 5.80. The van der Waals surface area contributed by atoms with E-state index in [2.05, 4.69) is 15.5 Å². The largest absolute Gasteiger partial charge is 0.385 e. The van der Waals surface area contributed by atoms with E-state index in [-0.39, 0.29) is 23.8 Å². The Morgan fingerprint density at radius 2 is 2.15 bits per heavy atom. The van der Waals surface area contributed by atoms with Gasteiger partial charge in [0.1, 0.15) is 0 Å². The first kappa shape index (κ1) is 18.6. The smallest absolute Gasteiger partial charge is 0.317 e. The maximum absolute atomic E-state index is 11.9. The second-order valence-electron chi connectivity index (χ2n) is 7.01. The Bertz CT molecular complexity index is 624. The number of nitrogens with one attached hydrogen (secondary N) is 1. The zero-order valence-electron chi connectivity index (χ0n) is 15.4. The number of carbonyl (C=O) groups is 2. The van der Waals surface area contributed by atoms with E-state index in [0.29, 0.717) is 50.9 Å². The third kappa shape index (κ3) is 4.72. The SMILES string of the molecule is COCCCNC(=O)N1CC(c2nc(CCN(C)C(=O)C3CC3)no2)C1. The van der Waals surface area contributed by atoms with E-state index in [1.807, 2.05) is 7.05 Å². The van der Waals surface area contributed by atoms with Crippen molar-refractivity contribution in [2.45, 2.75) is 31.6 Å².